The molecule has 21 heavy (non-hydrogen) atoms. The molecule has 0 atom stereocenters. The minimum Gasteiger partial charge on any atom is -0.382 e. The first-order valence-corrected chi connectivity index (χ1v) is 6.20. The van der Waals surface area contributed by atoms with Crippen molar-refractivity contribution in [2.45, 2.75) is 13.5 Å². The average molecular weight is 292 g/mol. The van der Waals surface area contributed by atoms with E-state index in [0.717, 1.165) is 0 Å². The molecule has 9 nitrogen and oxygen atoms in total. The first kappa shape index (κ1) is 14.6. The molecule has 2 aromatic rings. The number of nitrogen functional groups attached to an aromatic ring is 1. The van der Waals surface area contributed by atoms with Crippen molar-refractivity contribution in [2.24, 2.45) is 0 Å². The third-order valence-corrected chi connectivity index (χ3v) is 2.66. The molecule has 9 heteroatoms. The highest BCUT2D eigenvalue weighted by Crippen LogP contribution is 2.06. The summed E-state index contributed by atoms with van der Waals surface area (Å²) in [6.07, 6.45) is 1.60. The molecule has 0 aromatic carbocycles. The number of likely N-dealkylation sites (N-methyl/N-ethyl adjacent to an activating group) is 1. The molecule has 0 saturated heterocycles. The van der Waals surface area contributed by atoms with Gasteiger partial charge >= 0.3 is 0 Å². The van der Waals surface area contributed by atoms with Gasteiger partial charge in [-0.15, -0.1) is 0 Å². The van der Waals surface area contributed by atoms with Crippen LogP contribution in [0.25, 0.3) is 0 Å². The second-order valence-electron chi connectivity index (χ2n) is 4.56. The smallest absolute Gasteiger partial charge is 0.245 e. The Kier molecular flexibility index (Phi) is 4.21. The van der Waals surface area contributed by atoms with Crippen molar-refractivity contribution in [3.8, 4) is 0 Å². The number of hydrogen-bond donors (Lipinski definition) is 2. The second kappa shape index (κ2) is 6.07. The van der Waals surface area contributed by atoms with Crippen molar-refractivity contribution in [1.29, 1.82) is 0 Å². The topological polar surface area (TPSA) is 119 Å². The number of rotatable bonds is 5. The number of nitrogens with zero attached hydrogens (tertiary/aromatic N) is 4. The number of carbonyl (C=O) groups is 2. The molecule has 0 spiro atoms. The van der Waals surface area contributed by atoms with Gasteiger partial charge in [-0.25, -0.2) is 0 Å². The van der Waals surface area contributed by atoms with Crippen molar-refractivity contribution in [3.63, 3.8) is 0 Å². The Hall–Kier alpha value is -2.84. The van der Waals surface area contributed by atoms with Crippen LogP contribution in [0, 0.1) is 6.92 Å². The Morgan fingerprint density at radius 1 is 1.52 bits per heavy atom. The molecule has 0 aliphatic carbocycles. The zero-order valence-corrected chi connectivity index (χ0v) is 11.7. The van der Waals surface area contributed by atoms with Crippen LogP contribution in [0.3, 0.4) is 0 Å². The van der Waals surface area contributed by atoms with E-state index in [1.165, 1.54) is 16.6 Å². The Bertz CT molecular complexity index is 647. The van der Waals surface area contributed by atoms with E-state index in [4.69, 9.17) is 10.3 Å². The van der Waals surface area contributed by atoms with Crippen molar-refractivity contribution < 1.29 is 14.1 Å². The molecule has 0 fully saturated rings. The van der Waals surface area contributed by atoms with Crippen LogP contribution >= 0.6 is 0 Å². The second-order valence-corrected chi connectivity index (χ2v) is 4.56. The summed E-state index contributed by atoms with van der Waals surface area (Å²) in [5, 5.41) is 10.1. The molecule has 2 rings (SSSR count). The Balaban J connectivity index is 1.83. The zero-order valence-electron chi connectivity index (χ0n) is 11.7. The van der Waals surface area contributed by atoms with Gasteiger partial charge in [0, 0.05) is 19.3 Å². The molecule has 0 aliphatic rings. The van der Waals surface area contributed by atoms with E-state index in [1.54, 1.807) is 25.3 Å². The summed E-state index contributed by atoms with van der Waals surface area (Å²) in [6.45, 7) is 1.64. The molecular formula is C12H16N6O3. The molecule has 0 aliphatic heterocycles. The van der Waals surface area contributed by atoms with Gasteiger partial charge in [0.2, 0.25) is 11.8 Å². The fraction of sp³-hybridized carbons (Fsp3) is 0.333. The molecule has 0 saturated carbocycles. The molecule has 0 unspecified atom stereocenters. The fourth-order valence-electron chi connectivity index (χ4n) is 1.64. The SMILES string of the molecule is Cc1cc(NC(=O)CN(C)C(=O)Cn2ccc(N)n2)no1. The normalized spacial score (nSPS) is 10.4. The Morgan fingerprint density at radius 3 is 2.86 bits per heavy atom. The van der Waals surface area contributed by atoms with Gasteiger partial charge in [-0.1, -0.05) is 5.16 Å². The van der Waals surface area contributed by atoms with Crippen LogP contribution in [-0.4, -0.2) is 45.2 Å². The van der Waals surface area contributed by atoms with Gasteiger partial charge in [0.15, 0.2) is 5.82 Å². The van der Waals surface area contributed by atoms with Gasteiger partial charge < -0.3 is 20.5 Å². The molecule has 2 aromatic heterocycles. The summed E-state index contributed by atoms with van der Waals surface area (Å²) in [6, 6.07) is 3.18. The van der Waals surface area contributed by atoms with Crippen LogP contribution in [-0.2, 0) is 16.1 Å². The summed E-state index contributed by atoms with van der Waals surface area (Å²) in [5.74, 6) is 0.623. The summed E-state index contributed by atoms with van der Waals surface area (Å²) >= 11 is 0. The largest absolute Gasteiger partial charge is 0.382 e. The van der Waals surface area contributed by atoms with Crippen LogP contribution < -0.4 is 11.1 Å². The third-order valence-electron chi connectivity index (χ3n) is 2.66. The van der Waals surface area contributed by atoms with Crippen molar-refractivity contribution in [3.05, 3.63) is 24.1 Å². The maximum atomic E-state index is 11.9. The van der Waals surface area contributed by atoms with E-state index in [-0.39, 0.29) is 24.9 Å². The summed E-state index contributed by atoms with van der Waals surface area (Å²) in [5.41, 5.74) is 5.46. The monoisotopic (exact) mass is 292 g/mol. The van der Waals surface area contributed by atoms with Gasteiger partial charge in [0.25, 0.3) is 0 Å². The fourth-order valence-corrected chi connectivity index (χ4v) is 1.64. The van der Waals surface area contributed by atoms with E-state index >= 15 is 0 Å². The Morgan fingerprint density at radius 2 is 2.29 bits per heavy atom. The van der Waals surface area contributed by atoms with E-state index in [0.29, 0.717) is 17.4 Å². The molecule has 0 radical (unpaired) electrons. The number of anilines is 2. The van der Waals surface area contributed by atoms with Crippen molar-refractivity contribution in [1.82, 2.24) is 19.8 Å². The quantitative estimate of drug-likeness (QED) is 0.791. The number of amides is 2. The van der Waals surface area contributed by atoms with Gasteiger partial charge in [-0.2, -0.15) is 5.10 Å². The summed E-state index contributed by atoms with van der Waals surface area (Å²) < 4.78 is 6.24. The third kappa shape index (κ3) is 4.06. The maximum Gasteiger partial charge on any atom is 0.245 e. The maximum absolute atomic E-state index is 11.9. The number of aryl methyl sites for hydroxylation is 1. The van der Waals surface area contributed by atoms with Crippen LogP contribution in [0.4, 0.5) is 11.6 Å². The molecule has 2 amide bonds. The highest BCUT2D eigenvalue weighted by Gasteiger charge is 2.15. The molecule has 0 bridgehead atoms. The van der Waals surface area contributed by atoms with Gasteiger partial charge in [-0.3, -0.25) is 14.3 Å². The van der Waals surface area contributed by atoms with Crippen molar-refractivity contribution in [2.75, 3.05) is 24.6 Å². The first-order valence-electron chi connectivity index (χ1n) is 6.20. The lowest BCUT2D eigenvalue weighted by molar-refractivity contribution is -0.134. The predicted molar refractivity (Wildman–Crippen MR) is 74.1 cm³/mol. The highest BCUT2D eigenvalue weighted by molar-refractivity contribution is 5.93. The van der Waals surface area contributed by atoms with E-state index < -0.39 is 0 Å². The first-order chi connectivity index (χ1) is 9.94. The van der Waals surface area contributed by atoms with Gasteiger partial charge in [-0.05, 0) is 13.0 Å². The summed E-state index contributed by atoms with van der Waals surface area (Å²) in [4.78, 5) is 25.0. The van der Waals surface area contributed by atoms with E-state index in [9.17, 15) is 9.59 Å². The van der Waals surface area contributed by atoms with E-state index in [1.807, 2.05) is 0 Å². The van der Waals surface area contributed by atoms with Crippen molar-refractivity contribution >= 4 is 23.5 Å². The molecule has 2 heterocycles. The predicted octanol–water partition coefficient (Wildman–Crippen LogP) is -0.141. The van der Waals surface area contributed by atoms with Crippen LogP contribution in [0.2, 0.25) is 0 Å². The van der Waals surface area contributed by atoms with Crippen LogP contribution in [0.1, 0.15) is 5.76 Å². The average Bonchev–Trinajstić information content (AvgIpc) is 2.98. The Labute approximate surface area is 120 Å². The van der Waals surface area contributed by atoms with Crippen LogP contribution in [0.5, 0.6) is 0 Å². The summed E-state index contributed by atoms with van der Waals surface area (Å²) in [7, 11) is 1.53. The molecule has 3 N–H and O–H groups in total. The van der Waals surface area contributed by atoms with Crippen LogP contribution in [0.15, 0.2) is 22.9 Å². The number of nitrogens with one attached hydrogen (secondary N) is 1. The highest BCUT2D eigenvalue weighted by atomic mass is 16.5. The van der Waals surface area contributed by atoms with Gasteiger partial charge in [0.05, 0.1) is 6.54 Å². The number of nitrogens with two attached hydrogens (primary N) is 1. The molecule has 112 valence electrons. The molecular weight excluding hydrogens is 276 g/mol. The number of hydrogen-bond acceptors (Lipinski definition) is 6. The standard InChI is InChI=1S/C12H16N6O3/c1-8-5-10(16-21-8)14-11(19)6-17(2)12(20)7-18-4-3-9(13)15-18/h3-5H,6-7H2,1-2H3,(H2,13,15)(H,14,16,19). The lowest BCUT2D eigenvalue weighted by Crippen LogP contribution is -2.37. The lowest BCUT2D eigenvalue weighted by Gasteiger charge is -2.16. The number of carbonyl (C=O) groups excluding carboxylic acids is 2. The number of aromatic nitrogens is 3. The minimum atomic E-state index is -0.362. The minimum absolute atomic E-state index is 0.0179. The van der Waals surface area contributed by atoms with Gasteiger partial charge in [0.1, 0.15) is 18.1 Å². The van der Waals surface area contributed by atoms with E-state index in [2.05, 4.69) is 15.6 Å². The zero-order chi connectivity index (χ0) is 15.4. The lowest BCUT2D eigenvalue weighted by atomic mass is 10.4.